The van der Waals surface area contributed by atoms with Crippen LogP contribution in [0.15, 0.2) is 79.4 Å². The summed E-state index contributed by atoms with van der Waals surface area (Å²) in [5, 5.41) is 3.79. The lowest BCUT2D eigenvalue weighted by Gasteiger charge is -2.12. The van der Waals surface area contributed by atoms with Crippen molar-refractivity contribution < 1.29 is 0 Å². The number of nitrogens with zero attached hydrogens (tertiary/aromatic N) is 3. The Morgan fingerprint density at radius 1 is 0.710 bits per heavy atom. The van der Waals surface area contributed by atoms with Gasteiger partial charge in [0.1, 0.15) is 5.65 Å². The van der Waals surface area contributed by atoms with Crippen LogP contribution in [0.5, 0.6) is 0 Å². The van der Waals surface area contributed by atoms with Gasteiger partial charge in [-0.1, -0.05) is 42.5 Å². The van der Waals surface area contributed by atoms with E-state index in [-0.39, 0.29) is 0 Å². The van der Waals surface area contributed by atoms with Crippen LogP contribution in [0.3, 0.4) is 0 Å². The highest BCUT2D eigenvalue weighted by molar-refractivity contribution is 6.15. The molecule has 3 heterocycles. The molecule has 0 N–H and O–H groups in total. The van der Waals surface area contributed by atoms with Crippen molar-refractivity contribution in [1.29, 1.82) is 0 Å². The number of imidazole rings is 1. The summed E-state index contributed by atoms with van der Waals surface area (Å²) in [4.78, 5) is 9.10. The predicted octanol–water partition coefficient (Wildman–Crippen LogP) is 6.18. The molecule has 0 amide bonds. The molecule has 3 heteroatoms. The lowest BCUT2D eigenvalue weighted by atomic mass is 9.95. The van der Waals surface area contributed by atoms with Crippen molar-refractivity contribution in [2.75, 3.05) is 0 Å². The molecule has 2 aliphatic carbocycles. The van der Waals surface area contributed by atoms with E-state index >= 15 is 0 Å². The fraction of sp³-hybridized carbons (Fsp3) is 0.0714. The molecule has 0 saturated heterocycles. The number of fused-ring (bicyclic) bond motifs is 14. The minimum atomic E-state index is 0.966. The summed E-state index contributed by atoms with van der Waals surface area (Å²) in [6.07, 6.45) is 9.78. The van der Waals surface area contributed by atoms with Gasteiger partial charge < -0.3 is 0 Å². The molecule has 0 radical (unpaired) electrons. The lowest BCUT2D eigenvalue weighted by molar-refractivity contribution is 1.23. The van der Waals surface area contributed by atoms with Crippen LogP contribution in [0, 0.1) is 0 Å². The fourth-order valence-electron chi connectivity index (χ4n) is 5.98. The van der Waals surface area contributed by atoms with Crippen molar-refractivity contribution >= 4 is 27.3 Å². The Morgan fingerprint density at radius 2 is 1.61 bits per heavy atom. The van der Waals surface area contributed by atoms with Gasteiger partial charge in [-0.25, -0.2) is 4.98 Å². The lowest BCUT2D eigenvalue weighted by Crippen LogP contribution is -1.94. The second kappa shape index (κ2) is 5.38. The standard InChI is InChI=1S/C28H17N3/c1-2-4-18-16(3-1)13-17-5-6-19-20-7-8-22-27(24(20)14-23(19)26(17)18)21-9-10-29-15-25(21)31-12-11-30-28(22)31/h1-12,15H,13-14H2. The van der Waals surface area contributed by atoms with Crippen molar-refractivity contribution in [2.45, 2.75) is 12.8 Å². The maximum absolute atomic E-state index is 4.69. The molecule has 31 heavy (non-hydrogen) atoms. The molecule has 0 fully saturated rings. The summed E-state index contributed by atoms with van der Waals surface area (Å²) < 4.78 is 2.16. The first-order valence-electron chi connectivity index (χ1n) is 10.8. The molecular formula is C28H17N3. The summed E-state index contributed by atoms with van der Waals surface area (Å²) in [6.45, 7) is 0. The molecule has 3 aromatic carbocycles. The zero-order valence-electron chi connectivity index (χ0n) is 16.8. The monoisotopic (exact) mass is 395 g/mol. The van der Waals surface area contributed by atoms with Gasteiger partial charge in [-0.15, -0.1) is 0 Å². The van der Waals surface area contributed by atoms with E-state index in [1.54, 1.807) is 0 Å². The van der Waals surface area contributed by atoms with Gasteiger partial charge in [0.05, 0.1) is 11.7 Å². The highest BCUT2D eigenvalue weighted by Crippen LogP contribution is 2.49. The van der Waals surface area contributed by atoms with Gasteiger partial charge in [0, 0.05) is 29.4 Å². The maximum Gasteiger partial charge on any atom is 0.145 e. The molecule has 0 spiro atoms. The molecule has 8 rings (SSSR count). The average Bonchev–Trinajstić information content (AvgIpc) is 3.53. The van der Waals surface area contributed by atoms with Gasteiger partial charge in [-0.3, -0.25) is 9.38 Å². The van der Waals surface area contributed by atoms with Crippen LogP contribution in [0.1, 0.15) is 22.3 Å². The van der Waals surface area contributed by atoms with E-state index in [0.717, 1.165) is 24.0 Å². The second-order valence-electron chi connectivity index (χ2n) is 8.66. The van der Waals surface area contributed by atoms with E-state index in [1.165, 1.54) is 60.7 Å². The Labute approximate surface area is 178 Å². The first-order valence-corrected chi connectivity index (χ1v) is 10.8. The molecule has 3 aromatic heterocycles. The third-order valence-corrected chi connectivity index (χ3v) is 7.23. The Kier molecular flexibility index (Phi) is 2.74. The minimum Gasteiger partial charge on any atom is -0.298 e. The molecule has 0 saturated carbocycles. The van der Waals surface area contributed by atoms with E-state index in [4.69, 9.17) is 4.98 Å². The zero-order valence-corrected chi connectivity index (χ0v) is 16.8. The molecule has 0 bridgehead atoms. The summed E-state index contributed by atoms with van der Waals surface area (Å²) in [6, 6.07) is 20.3. The van der Waals surface area contributed by atoms with E-state index in [9.17, 15) is 0 Å². The number of hydrogen-bond donors (Lipinski definition) is 0. The number of aromatic nitrogens is 3. The minimum absolute atomic E-state index is 0.966. The van der Waals surface area contributed by atoms with Crippen molar-refractivity contribution in [3.05, 3.63) is 102 Å². The summed E-state index contributed by atoms with van der Waals surface area (Å²) in [5.74, 6) is 0. The first-order chi connectivity index (χ1) is 15.4. The highest BCUT2D eigenvalue weighted by atomic mass is 15.0. The van der Waals surface area contributed by atoms with Crippen molar-refractivity contribution in [3.8, 4) is 22.3 Å². The summed E-state index contributed by atoms with van der Waals surface area (Å²) in [5.41, 5.74) is 13.6. The zero-order chi connectivity index (χ0) is 20.1. The maximum atomic E-state index is 4.69. The van der Waals surface area contributed by atoms with Crippen LogP contribution < -0.4 is 0 Å². The van der Waals surface area contributed by atoms with Gasteiger partial charge in [0.2, 0.25) is 0 Å². The summed E-state index contributed by atoms with van der Waals surface area (Å²) >= 11 is 0. The van der Waals surface area contributed by atoms with Crippen molar-refractivity contribution in [2.24, 2.45) is 0 Å². The Morgan fingerprint density at radius 3 is 2.61 bits per heavy atom. The second-order valence-corrected chi connectivity index (χ2v) is 8.66. The van der Waals surface area contributed by atoms with Gasteiger partial charge >= 0.3 is 0 Å². The molecule has 2 aliphatic rings. The number of rotatable bonds is 0. The van der Waals surface area contributed by atoms with Crippen LogP contribution in [0.2, 0.25) is 0 Å². The van der Waals surface area contributed by atoms with Crippen molar-refractivity contribution in [1.82, 2.24) is 14.4 Å². The highest BCUT2D eigenvalue weighted by Gasteiger charge is 2.29. The molecule has 6 aromatic rings. The fourth-order valence-corrected chi connectivity index (χ4v) is 5.98. The van der Waals surface area contributed by atoms with E-state index < -0.39 is 0 Å². The number of benzene rings is 3. The van der Waals surface area contributed by atoms with Crippen molar-refractivity contribution in [3.63, 3.8) is 0 Å². The van der Waals surface area contributed by atoms with Gasteiger partial charge in [0.25, 0.3) is 0 Å². The largest absolute Gasteiger partial charge is 0.298 e. The van der Waals surface area contributed by atoms with Crippen LogP contribution in [0.25, 0.3) is 49.6 Å². The van der Waals surface area contributed by atoms with Crippen LogP contribution in [-0.4, -0.2) is 14.4 Å². The quantitative estimate of drug-likeness (QED) is 0.287. The van der Waals surface area contributed by atoms with E-state index in [0.29, 0.717) is 0 Å². The Bertz CT molecular complexity index is 1740. The van der Waals surface area contributed by atoms with Crippen LogP contribution in [0.4, 0.5) is 0 Å². The molecule has 144 valence electrons. The smallest absolute Gasteiger partial charge is 0.145 e. The SMILES string of the molecule is c1ccc2c(c1)Cc1ccc3c(c1-2)Cc1c-3ccc2c1c1ccncc1n1ccnc21. The molecule has 0 atom stereocenters. The third kappa shape index (κ3) is 1.85. The van der Waals surface area contributed by atoms with Crippen LogP contribution in [-0.2, 0) is 12.8 Å². The average molecular weight is 395 g/mol. The number of hydrogen-bond acceptors (Lipinski definition) is 2. The summed E-state index contributed by atoms with van der Waals surface area (Å²) in [7, 11) is 0. The Balaban J connectivity index is 1.50. The topological polar surface area (TPSA) is 30.2 Å². The number of pyridine rings is 2. The van der Waals surface area contributed by atoms with Crippen LogP contribution >= 0.6 is 0 Å². The normalized spacial score (nSPS) is 13.5. The van der Waals surface area contributed by atoms with E-state index in [2.05, 4.69) is 64.0 Å². The predicted molar refractivity (Wildman–Crippen MR) is 124 cm³/mol. The van der Waals surface area contributed by atoms with Gasteiger partial charge in [-0.2, -0.15) is 0 Å². The molecule has 3 nitrogen and oxygen atoms in total. The van der Waals surface area contributed by atoms with E-state index in [1.807, 2.05) is 24.8 Å². The van der Waals surface area contributed by atoms with Gasteiger partial charge in [-0.05, 0) is 74.9 Å². The first kappa shape index (κ1) is 15.8. The molecular weight excluding hydrogens is 378 g/mol. The Hall–Kier alpha value is -3.98. The molecule has 0 aliphatic heterocycles. The van der Waals surface area contributed by atoms with Gasteiger partial charge in [0.15, 0.2) is 0 Å². The molecule has 0 unspecified atom stereocenters. The third-order valence-electron chi connectivity index (χ3n) is 7.23.